The van der Waals surface area contributed by atoms with Crippen LogP contribution in [0.2, 0.25) is 0 Å². The van der Waals surface area contributed by atoms with Crippen LogP contribution in [0.5, 0.6) is 0 Å². The van der Waals surface area contributed by atoms with E-state index in [4.69, 9.17) is 0 Å². The van der Waals surface area contributed by atoms with Crippen LogP contribution >= 0.6 is 0 Å². The molecule has 2 unspecified atom stereocenters. The lowest BCUT2D eigenvalue weighted by Crippen LogP contribution is -2.07. The van der Waals surface area contributed by atoms with Crippen LogP contribution in [0, 0.1) is 5.82 Å². The van der Waals surface area contributed by atoms with Crippen LogP contribution in [0.3, 0.4) is 0 Å². The van der Waals surface area contributed by atoms with Gasteiger partial charge in [-0.1, -0.05) is 103 Å². The largest absolute Gasteiger partial charge is 0.207 e. The highest BCUT2D eigenvalue weighted by Crippen LogP contribution is 2.32. The third-order valence-corrected chi connectivity index (χ3v) is 7.03. The Morgan fingerprint density at radius 2 is 1.15 bits per heavy atom. The van der Waals surface area contributed by atoms with Crippen LogP contribution < -0.4 is 0 Å². The Morgan fingerprint density at radius 1 is 0.606 bits per heavy atom. The maximum absolute atomic E-state index is 14.3. The predicted molar refractivity (Wildman–Crippen MR) is 141 cm³/mol. The van der Waals surface area contributed by atoms with Crippen molar-refractivity contribution in [2.75, 3.05) is 0 Å². The summed E-state index contributed by atoms with van der Waals surface area (Å²) in [6.07, 6.45) is 2.99. The lowest BCUT2D eigenvalue weighted by atomic mass is 9.83. The Labute approximate surface area is 201 Å². The van der Waals surface area contributed by atoms with Crippen molar-refractivity contribution in [3.8, 4) is 0 Å². The van der Waals surface area contributed by atoms with Crippen LogP contribution in [0.15, 0.2) is 60.7 Å². The van der Waals surface area contributed by atoms with Gasteiger partial charge in [0.05, 0.1) is 0 Å². The molecule has 0 spiro atoms. The van der Waals surface area contributed by atoms with E-state index >= 15 is 0 Å². The number of aryl methyl sites for hydroxylation is 1. The summed E-state index contributed by atoms with van der Waals surface area (Å²) in [5.74, 6) is 1.53. The highest BCUT2D eigenvalue weighted by molar-refractivity contribution is 5.40. The van der Waals surface area contributed by atoms with Gasteiger partial charge in [-0.05, 0) is 87.9 Å². The van der Waals surface area contributed by atoms with E-state index in [9.17, 15) is 4.39 Å². The quantitative estimate of drug-likeness (QED) is 0.308. The number of rotatable bonds is 9. The zero-order chi connectivity index (χ0) is 24.1. The van der Waals surface area contributed by atoms with Crippen molar-refractivity contribution in [3.63, 3.8) is 0 Å². The van der Waals surface area contributed by atoms with Gasteiger partial charge in [-0.3, -0.25) is 0 Å². The van der Waals surface area contributed by atoms with Gasteiger partial charge in [0.15, 0.2) is 0 Å². The first-order valence-corrected chi connectivity index (χ1v) is 12.7. The van der Waals surface area contributed by atoms with E-state index in [0.717, 1.165) is 24.8 Å². The molecule has 0 saturated heterocycles. The molecule has 0 aromatic heterocycles. The molecule has 0 heterocycles. The van der Waals surface area contributed by atoms with Gasteiger partial charge in [0, 0.05) is 0 Å². The van der Waals surface area contributed by atoms with Crippen molar-refractivity contribution >= 4 is 0 Å². The third-order valence-electron chi connectivity index (χ3n) is 7.03. The van der Waals surface area contributed by atoms with Crippen molar-refractivity contribution < 1.29 is 4.39 Å². The summed E-state index contributed by atoms with van der Waals surface area (Å²) in [5, 5.41) is 0. The van der Waals surface area contributed by atoms with Gasteiger partial charge in [0.2, 0.25) is 0 Å². The van der Waals surface area contributed by atoms with Crippen molar-refractivity contribution in [2.24, 2.45) is 0 Å². The Bertz CT molecular complexity index is 1060. The molecule has 0 aliphatic rings. The minimum atomic E-state index is -0.103. The molecule has 0 nitrogen and oxygen atoms in total. The smallest absolute Gasteiger partial charge is 0.126 e. The maximum atomic E-state index is 14.3. The highest BCUT2D eigenvalue weighted by Gasteiger charge is 2.17. The summed E-state index contributed by atoms with van der Waals surface area (Å²) in [6, 6.07) is 21.2. The van der Waals surface area contributed by atoms with Crippen LogP contribution in [-0.4, -0.2) is 0 Å². The van der Waals surface area contributed by atoms with Gasteiger partial charge in [0.1, 0.15) is 5.82 Å². The molecule has 0 aliphatic heterocycles. The van der Waals surface area contributed by atoms with Crippen LogP contribution in [0.1, 0.15) is 111 Å². The van der Waals surface area contributed by atoms with E-state index < -0.39 is 0 Å². The topological polar surface area (TPSA) is 0 Å². The lowest BCUT2D eigenvalue weighted by Gasteiger charge is -2.22. The second kappa shape index (κ2) is 11.1. The molecule has 3 aromatic rings. The molecule has 0 amide bonds. The molecule has 1 heteroatoms. The van der Waals surface area contributed by atoms with Gasteiger partial charge < -0.3 is 0 Å². The zero-order valence-electron chi connectivity index (χ0n) is 21.6. The molecule has 0 bridgehead atoms. The average molecular weight is 445 g/mol. The van der Waals surface area contributed by atoms with E-state index in [1.165, 1.54) is 33.4 Å². The summed E-state index contributed by atoms with van der Waals surface area (Å²) in [4.78, 5) is 0. The van der Waals surface area contributed by atoms with Crippen molar-refractivity contribution in [1.29, 1.82) is 0 Å². The van der Waals surface area contributed by atoms with Gasteiger partial charge in [-0.25, -0.2) is 4.39 Å². The molecule has 33 heavy (non-hydrogen) atoms. The highest BCUT2D eigenvalue weighted by atomic mass is 19.1. The summed E-state index contributed by atoms with van der Waals surface area (Å²) < 4.78 is 14.3. The maximum Gasteiger partial charge on any atom is 0.126 e. The zero-order valence-corrected chi connectivity index (χ0v) is 21.6. The molecule has 3 aromatic carbocycles. The molecule has 0 fully saturated rings. The summed E-state index contributed by atoms with van der Waals surface area (Å²) in [5.41, 5.74) is 9.35. The van der Waals surface area contributed by atoms with Crippen LogP contribution in [0.4, 0.5) is 4.39 Å². The van der Waals surface area contributed by atoms with Crippen LogP contribution in [-0.2, 0) is 19.3 Å². The Morgan fingerprint density at radius 3 is 1.73 bits per heavy atom. The third kappa shape index (κ3) is 6.14. The molecule has 0 N–H and O–H groups in total. The fraction of sp³-hybridized carbons (Fsp3) is 0.438. The molecule has 3 rings (SSSR count). The summed E-state index contributed by atoms with van der Waals surface area (Å²) >= 11 is 0. The fourth-order valence-electron chi connectivity index (χ4n) is 5.16. The number of benzene rings is 3. The molecule has 176 valence electrons. The van der Waals surface area contributed by atoms with Gasteiger partial charge in [0.25, 0.3) is 0 Å². The second-order valence-corrected chi connectivity index (χ2v) is 10.4. The van der Waals surface area contributed by atoms with Crippen molar-refractivity contribution in [1.82, 2.24) is 0 Å². The Hall–Kier alpha value is -2.41. The minimum Gasteiger partial charge on any atom is -0.207 e. The summed E-state index contributed by atoms with van der Waals surface area (Å²) in [7, 11) is 0. The number of hydrogen-bond acceptors (Lipinski definition) is 0. The number of hydrogen-bond donors (Lipinski definition) is 0. The Kier molecular flexibility index (Phi) is 8.51. The van der Waals surface area contributed by atoms with E-state index in [-0.39, 0.29) is 11.7 Å². The predicted octanol–water partition coefficient (Wildman–Crippen LogP) is 9.33. The average Bonchev–Trinajstić information content (AvgIpc) is 2.78. The molecule has 0 aliphatic carbocycles. The number of halogens is 1. The Balaban J connectivity index is 1.82. The molecule has 0 saturated carbocycles. The van der Waals surface area contributed by atoms with Gasteiger partial charge in [-0.2, -0.15) is 0 Å². The molecule has 0 radical (unpaired) electrons. The second-order valence-electron chi connectivity index (χ2n) is 10.4. The SMILES string of the molecule is CCc1cc(CC(C)c2ccc(CC(C)c3ccccc3F)cc2C(C)C)ccc1C(C)C. The molecular weight excluding hydrogens is 403 g/mol. The van der Waals surface area contributed by atoms with Gasteiger partial charge in [-0.15, -0.1) is 0 Å². The minimum absolute atomic E-state index is 0.103. The summed E-state index contributed by atoms with van der Waals surface area (Å²) in [6.45, 7) is 15.8. The van der Waals surface area contributed by atoms with Crippen molar-refractivity contribution in [3.05, 3.63) is 105 Å². The first-order chi connectivity index (χ1) is 15.7. The van der Waals surface area contributed by atoms with E-state index in [2.05, 4.69) is 84.9 Å². The van der Waals surface area contributed by atoms with E-state index in [1.54, 1.807) is 12.1 Å². The van der Waals surface area contributed by atoms with E-state index in [0.29, 0.717) is 17.8 Å². The van der Waals surface area contributed by atoms with E-state index in [1.807, 2.05) is 12.1 Å². The first-order valence-electron chi connectivity index (χ1n) is 12.7. The van der Waals surface area contributed by atoms with Crippen LogP contribution in [0.25, 0.3) is 0 Å². The normalized spacial score (nSPS) is 13.5. The lowest BCUT2D eigenvalue weighted by molar-refractivity contribution is 0.587. The monoisotopic (exact) mass is 444 g/mol. The molecule has 2 atom stereocenters. The van der Waals surface area contributed by atoms with Crippen molar-refractivity contribution in [2.45, 2.75) is 91.4 Å². The fourth-order valence-corrected chi connectivity index (χ4v) is 5.16. The van der Waals surface area contributed by atoms with Gasteiger partial charge >= 0.3 is 0 Å². The standard InChI is InChI=1S/C32H41F/c1-8-27-19-25(13-15-28(27)21(2)3)17-23(6)29-16-14-26(20-31(29)22(4)5)18-24(7)30-11-9-10-12-32(30)33/h9-16,19-24H,8,17-18H2,1-7H3. The first kappa shape index (κ1) is 25.2. The molecular formula is C32H41F.